The van der Waals surface area contributed by atoms with Crippen LogP contribution in [0.4, 0.5) is 0 Å². The van der Waals surface area contributed by atoms with Crippen LogP contribution in [0.1, 0.15) is 34.2 Å². The van der Waals surface area contributed by atoms with E-state index in [-0.39, 0.29) is 5.78 Å². The Labute approximate surface area is 135 Å². The predicted octanol–water partition coefficient (Wildman–Crippen LogP) is 4.81. The molecular weight excluding hydrogens is 305 g/mol. The molecule has 1 atom stereocenters. The van der Waals surface area contributed by atoms with Crippen molar-refractivity contribution in [1.82, 2.24) is 4.57 Å². The molecule has 1 unspecified atom stereocenters. The molecule has 0 bridgehead atoms. The van der Waals surface area contributed by atoms with Crippen LogP contribution in [0.25, 0.3) is 0 Å². The average Bonchev–Trinajstić information content (AvgIpc) is 2.72. The minimum absolute atomic E-state index is 0.0116. The lowest BCUT2D eigenvalue weighted by Crippen LogP contribution is -2.12. The molecule has 1 aromatic carbocycles. The Morgan fingerprint density at radius 1 is 1.24 bits per heavy atom. The number of carbonyl (C=O) groups is 1. The van der Waals surface area contributed by atoms with E-state index < -0.39 is 5.38 Å². The lowest BCUT2D eigenvalue weighted by molar-refractivity contribution is 0.0991. The van der Waals surface area contributed by atoms with Crippen molar-refractivity contribution >= 4 is 29.0 Å². The molecule has 0 saturated carbocycles. The zero-order valence-electron chi connectivity index (χ0n) is 12.5. The molecule has 1 aromatic heterocycles. The molecule has 1 heterocycles. The molecule has 0 saturated heterocycles. The van der Waals surface area contributed by atoms with Crippen molar-refractivity contribution in [2.24, 2.45) is 0 Å². The van der Waals surface area contributed by atoms with Crippen LogP contribution in [0.2, 0.25) is 5.02 Å². The molecule has 2 nitrogen and oxygen atoms in total. The van der Waals surface area contributed by atoms with E-state index in [4.69, 9.17) is 23.2 Å². The van der Waals surface area contributed by atoms with Gasteiger partial charge in [-0.05, 0) is 51.0 Å². The van der Waals surface area contributed by atoms with Gasteiger partial charge in [0.15, 0.2) is 5.78 Å². The Hall–Kier alpha value is -1.25. The predicted molar refractivity (Wildman–Crippen MR) is 88.7 cm³/mol. The number of benzene rings is 1. The lowest BCUT2D eigenvalue weighted by Gasteiger charge is -2.10. The number of rotatable bonds is 5. The number of aromatic nitrogens is 1. The van der Waals surface area contributed by atoms with E-state index in [9.17, 15) is 4.79 Å². The van der Waals surface area contributed by atoms with E-state index in [0.717, 1.165) is 34.9 Å². The highest BCUT2D eigenvalue weighted by Crippen LogP contribution is 2.19. The fraction of sp³-hybridized carbons (Fsp3) is 0.353. The van der Waals surface area contributed by atoms with Gasteiger partial charge in [0.25, 0.3) is 0 Å². The van der Waals surface area contributed by atoms with Crippen LogP contribution < -0.4 is 0 Å². The zero-order chi connectivity index (χ0) is 15.6. The summed E-state index contributed by atoms with van der Waals surface area (Å²) in [5.74, 6) is -0.0116. The molecule has 0 aliphatic rings. The summed E-state index contributed by atoms with van der Waals surface area (Å²) >= 11 is 11.8. The van der Waals surface area contributed by atoms with Gasteiger partial charge in [-0.25, -0.2) is 0 Å². The molecule has 0 spiro atoms. The fourth-order valence-corrected chi connectivity index (χ4v) is 2.74. The number of halogens is 2. The number of ketones is 1. The highest BCUT2D eigenvalue weighted by atomic mass is 35.5. The average molecular weight is 324 g/mol. The number of alkyl halides is 1. The van der Waals surface area contributed by atoms with Gasteiger partial charge < -0.3 is 4.57 Å². The topological polar surface area (TPSA) is 22.0 Å². The van der Waals surface area contributed by atoms with Gasteiger partial charge in [-0.15, -0.1) is 11.6 Å². The highest BCUT2D eigenvalue weighted by Gasteiger charge is 2.19. The van der Waals surface area contributed by atoms with Gasteiger partial charge in [0.1, 0.15) is 0 Å². The van der Waals surface area contributed by atoms with E-state index in [2.05, 4.69) is 4.57 Å². The second-order valence-corrected chi connectivity index (χ2v) is 6.38. The molecule has 4 heteroatoms. The Balaban J connectivity index is 2.17. The molecule has 2 rings (SSSR count). The van der Waals surface area contributed by atoms with Crippen molar-refractivity contribution in [3.8, 4) is 0 Å². The highest BCUT2D eigenvalue weighted by molar-refractivity contribution is 6.33. The van der Waals surface area contributed by atoms with Crippen molar-refractivity contribution in [3.05, 3.63) is 57.9 Å². The molecule has 0 radical (unpaired) electrons. The number of aryl methyl sites for hydroxylation is 2. The summed E-state index contributed by atoms with van der Waals surface area (Å²) < 4.78 is 2.17. The third-order valence-electron chi connectivity index (χ3n) is 3.74. The van der Waals surface area contributed by atoms with Gasteiger partial charge in [0, 0.05) is 28.5 Å². The smallest absolute Gasteiger partial charge is 0.182 e. The molecule has 0 aliphatic heterocycles. The summed E-state index contributed by atoms with van der Waals surface area (Å²) in [4.78, 5) is 12.1. The van der Waals surface area contributed by atoms with Crippen LogP contribution in [0.15, 0.2) is 30.3 Å². The van der Waals surface area contributed by atoms with Gasteiger partial charge >= 0.3 is 0 Å². The number of hydrogen-bond acceptors (Lipinski definition) is 1. The third kappa shape index (κ3) is 3.69. The number of carbonyl (C=O) groups excluding carboxylic acids is 1. The van der Waals surface area contributed by atoms with E-state index in [0.29, 0.717) is 0 Å². The first kappa shape index (κ1) is 16.1. The van der Waals surface area contributed by atoms with Crippen molar-refractivity contribution in [2.75, 3.05) is 0 Å². The van der Waals surface area contributed by atoms with Crippen LogP contribution in [-0.4, -0.2) is 15.7 Å². The van der Waals surface area contributed by atoms with E-state index in [1.165, 1.54) is 5.56 Å². The summed E-state index contributed by atoms with van der Waals surface area (Å²) in [5, 5.41) is 0.256. The molecule has 0 fully saturated rings. The lowest BCUT2D eigenvalue weighted by atomic mass is 10.1. The summed E-state index contributed by atoms with van der Waals surface area (Å²) in [6.45, 7) is 6.54. The van der Waals surface area contributed by atoms with Crippen LogP contribution in [0.5, 0.6) is 0 Å². The molecule has 21 heavy (non-hydrogen) atoms. The zero-order valence-corrected chi connectivity index (χ0v) is 14.0. The number of Topliss-reactive ketones (excluding diaryl/α,β-unsaturated/α-hetero) is 1. The first-order valence-corrected chi connectivity index (χ1v) is 7.81. The Morgan fingerprint density at radius 2 is 1.86 bits per heavy atom. The van der Waals surface area contributed by atoms with E-state index >= 15 is 0 Å². The second-order valence-electron chi connectivity index (χ2n) is 5.29. The Kier molecular flexibility index (Phi) is 5.13. The molecule has 0 N–H and O–H groups in total. The Morgan fingerprint density at radius 3 is 2.43 bits per heavy atom. The maximum Gasteiger partial charge on any atom is 0.182 e. The summed E-state index contributed by atoms with van der Waals surface area (Å²) in [6.07, 6.45) is 0.900. The van der Waals surface area contributed by atoms with Gasteiger partial charge in [-0.1, -0.05) is 23.7 Å². The monoisotopic (exact) mass is 323 g/mol. The van der Waals surface area contributed by atoms with Crippen LogP contribution >= 0.6 is 23.2 Å². The molecule has 2 aromatic rings. The standard InChI is InChI=1S/C17H19Cl2NO/c1-11-10-16(17(21)12(2)18)13(3)20(11)9-8-14-4-6-15(19)7-5-14/h4-7,10,12H,8-9H2,1-3H3. The largest absolute Gasteiger partial charge is 0.348 e. The molecule has 0 aliphatic carbocycles. The van der Waals surface area contributed by atoms with Crippen LogP contribution in [-0.2, 0) is 13.0 Å². The maximum atomic E-state index is 12.1. The molecule has 112 valence electrons. The summed E-state index contributed by atoms with van der Waals surface area (Å²) in [6, 6.07) is 9.79. The van der Waals surface area contributed by atoms with Gasteiger partial charge in [0.05, 0.1) is 5.38 Å². The van der Waals surface area contributed by atoms with Crippen molar-refractivity contribution in [1.29, 1.82) is 0 Å². The van der Waals surface area contributed by atoms with Gasteiger partial charge in [0.2, 0.25) is 0 Å². The maximum absolute atomic E-state index is 12.1. The van der Waals surface area contributed by atoms with Crippen LogP contribution in [0, 0.1) is 13.8 Å². The molecule has 0 amide bonds. The first-order chi connectivity index (χ1) is 9.90. The van der Waals surface area contributed by atoms with Crippen molar-refractivity contribution < 1.29 is 4.79 Å². The summed E-state index contributed by atoms with van der Waals surface area (Å²) in [5.41, 5.74) is 4.03. The second kappa shape index (κ2) is 6.67. The normalized spacial score (nSPS) is 12.4. The van der Waals surface area contributed by atoms with Gasteiger partial charge in [-0.3, -0.25) is 4.79 Å². The minimum Gasteiger partial charge on any atom is -0.348 e. The third-order valence-corrected chi connectivity index (χ3v) is 4.19. The van der Waals surface area contributed by atoms with Gasteiger partial charge in [-0.2, -0.15) is 0 Å². The van der Waals surface area contributed by atoms with E-state index in [1.54, 1.807) is 6.92 Å². The van der Waals surface area contributed by atoms with E-state index in [1.807, 2.05) is 44.2 Å². The van der Waals surface area contributed by atoms with Crippen molar-refractivity contribution in [3.63, 3.8) is 0 Å². The SMILES string of the molecule is Cc1cc(C(=O)C(C)Cl)c(C)n1CCc1ccc(Cl)cc1. The number of nitrogens with zero attached hydrogens (tertiary/aromatic N) is 1. The molecular formula is C17H19Cl2NO. The summed E-state index contributed by atoms with van der Waals surface area (Å²) in [7, 11) is 0. The first-order valence-electron chi connectivity index (χ1n) is 6.99. The minimum atomic E-state index is -0.491. The van der Waals surface area contributed by atoms with Crippen molar-refractivity contribution in [2.45, 2.75) is 39.1 Å². The van der Waals surface area contributed by atoms with Crippen LogP contribution in [0.3, 0.4) is 0 Å². The quantitative estimate of drug-likeness (QED) is 0.571. The Bertz CT molecular complexity index is 642. The fourth-order valence-electron chi connectivity index (χ4n) is 2.50. The number of hydrogen-bond donors (Lipinski definition) is 0.